The summed E-state index contributed by atoms with van der Waals surface area (Å²) in [4.78, 5) is 24.3. The van der Waals surface area contributed by atoms with E-state index >= 15 is 0 Å². The van der Waals surface area contributed by atoms with Crippen LogP contribution in [0.2, 0.25) is 0 Å². The van der Waals surface area contributed by atoms with Crippen molar-refractivity contribution in [1.82, 2.24) is 9.62 Å². The van der Waals surface area contributed by atoms with E-state index in [1.54, 1.807) is 18.2 Å². The van der Waals surface area contributed by atoms with Gasteiger partial charge in [0, 0.05) is 13.1 Å². The Labute approximate surface area is 148 Å². The van der Waals surface area contributed by atoms with Gasteiger partial charge in [0.1, 0.15) is 6.04 Å². The number of benzene rings is 1. The Hall–Kier alpha value is -1.93. The Morgan fingerprint density at radius 3 is 2.64 bits per heavy atom. The number of amides is 1. The lowest BCUT2D eigenvalue weighted by molar-refractivity contribution is -0.147. The Morgan fingerprint density at radius 2 is 2.00 bits per heavy atom. The summed E-state index contributed by atoms with van der Waals surface area (Å²) in [6.07, 6.45) is 0.421. The van der Waals surface area contributed by atoms with Crippen molar-refractivity contribution in [2.24, 2.45) is 5.92 Å². The molecule has 0 radical (unpaired) electrons. The zero-order valence-electron chi connectivity index (χ0n) is 14.5. The molecule has 1 heterocycles. The molecule has 0 spiro atoms. The van der Waals surface area contributed by atoms with Gasteiger partial charge in [-0.15, -0.1) is 0 Å². The molecule has 1 aliphatic heterocycles. The van der Waals surface area contributed by atoms with E-state index in [1.807, 2.05) is 13.8 Å². The predicted molar refractivity (Wildman–Crippen MR) is 92.2 cm³/mol. The first-order valence-electron chi connectivity index (χ1n) is 8.32. The first kappa shape index (κ1) is 19.4. The van der Waals surface area contributed by atoms with Crippen LogP contribution >= 0.6 is 0 Å². The van der Waals surface area contributed by atoms with E-state index < -0.39 is 27.9 Å². The molecule has 0 bridgehead atoms. The Morgan fingerprint density at radius 1 is 1.32 bits per heavy atom. The van der Waals surface area contributed by atoms with Crippen LogP contribution in [0.4, 0.5) is 0 Å². The Kier molecular flexibility index (Phi) is 6.55. The van der Waals surface area contributed by atoms with Crippen molar-refractivity contribution in [3.05, 3.63) is 30.3 Å². The van der Waals surface area contributed by atoms with Crippen LogP contribution in [0.5, 0.6) is 0 Å². The molecule has 1 aliphatic rings. The number of piperazine rings is 1. The highest BCUT2D eigenvalue weighted by Gasteiger charge is 2.39. The molecule has 2 rings (SSSR count). The highest BCUT2D eigenvalue weighted by atomic mass is 32.2. The highest BCUT2D eigenvalue weighted by molar-refractivity contribution is 7.89. The molecule has 1 saturated heterocycles. The van der Waals surface area contributed by atoms with Gasteiger partial charge in [0.2, 0.25) is 15.9 Å². The monoisotopic (exact) mass is 368 g/mol. The number of hydrogen-bond acceptors (Lipinski definition) is 5. The summed E-state index contributed by atoms with van der Waals surface area (Å²) in [6, 6.07) is 6.80. The van der Waals surface area contributed by atoms with Gasteiger partial charge in [-0.3, -0.25) is 9.59 Å². The van der Waals surface area contributed by atoms with Crippen molar-refractivity contribution in [1.29, 1.82) is 0 Å². The normalized spacial score (nSPS) is 18.8. The third-order valence-electron chi connectivity index (χ3n) is 3.95. The Bertz CT molecular complexity index is 703. The van der Waals surface area contributed by atoms with Gasteiger partial charge in [-0.25, -0.2) is 8.42 Å². The summed E-state index contributed by atoms with van der Waals surface area (Å²) in [5.74, 6) is -0.664. The molecule has 1 atom stereocenters. The standard InChI is InChI=1S/C17H24N2O5S/c1-13(2)8-11-24-16(20)12-15-17(21)18-9-10-19(15)25(22,23)14-6-4-3-5-7-14/h3-7,13,15H,8-12H2,1-2H3,(H,18,21). The zero-order chi connectivity index (χ0) is 18.4. The minimum atomic E-state index is -3.86. The number of ether oxygens (including phenoxy) is 1. The molecule has 1 aromatic rings. The maximum absolute atomic E-state index is 12.8. The first-order valence-corrected chi connectivity index (χ1v) is 9.76. The largest absolute Gasteiger partial charge is 0.466 e. The van der Waals surface area contributed by atoms with E-state index in [0.29, 0.717) is 12.3 Å². The number of sulfonamides is 1. The predicted octanol–water partition coefficient (Wildman–Crippen LogP) is 1.16. The van der Waals surface area contributed by atoms with Gasteiger partial charge in [0.25, 0.3) is 0 Å². The minimum Gasteiger partial charge on any atom is -0.466 e. The molecule has 8 heteroatoms. The number of rotatable bonds is 7. The van der Waals surface area contributed by atoms with Crippen LogP contribution in [-0.2, 0) is 24.3 Å². The second-order valence-electron chi connectivity index (χ2n) is 6.34. The van der Waals surface area contributed by atoms with E-state index in [1.165, 1.54) is 12.1 Å². The fourth-order valence-electron chi connectivity index (χ4n) is 2.53. The number of esters is 1. The number of nitrogens with zero attached hydrogens (tertiary/aromatic N) is 1. The lowest BCUT2D eigenvalue weighted by atomic mass is 10.1. The van der Waals surface area contributed by atoms with E-state index in [9.17, 15) is 18.0 Å². The first-order chi connectivity index (χ1) is 11.8. The maximum atomic E-state index is 12.8. The molecule has 1 unspecified atom stereocenters. The van der Waals surface area contributed by atoms with Gasteiger partial charge in [0.15, 0.2) is 0 Å². The van der Waals surface area contributed by atoms with E-state index in [4.69, 9.17) is 4.74 Å². The number of hydrogen-bond donors (Lipinski definition) is 1. The number of carbonyl (C=O) groups excluding carboxylic acids is 2. The molecule has 1 aromatic carbocycles. The molecule has 0 saturated carbocycles. The third kappa shape index (κ3) is 5.02. The molecule has 1 amide bonds. The van der Waals surface area contributed by atoms with Gasteiger partial charge >= 0.3 is 5.97 Å². The third-order valence-corrected chi connectivity index (χ3v) is 5.87. The van der Waals surface area contributed by atoms with Gasteiger partial charge in [-0.1, -0.05) is 32.0 Å². The lowest BCUT2D eigenvalue weighted by Crippen LogP contribution is -2.57. The van der Waals surface area contributed by atoms with Crippen LogP contribution in [0.25, 0.3) is 0 Å². The van der Waals surface area contributed by atoms with Crippen LogP contribution in [0.1, 0.15) is 26.7 Å². The molecule has 0 aliphatic carbocycles. The Balaban J connectivity index is 2.13. The average molecular weight is 368 g/mol. The van der Waals surface area contributed by atoms with Crippen molar-refractivity contribution in [2.75, 3.05) is 19.7 Å². The number of nitrogens with one attached hydrogen (secondary N) is 1. The van der Waals surface area contributed by atoms with Crippen LogP contribution in [0, 0.1) is 5.92 Å². The summed E-state index contributed by atoms with van der Waals surface area (Å²) in [5, 5.41) is 2.61. The van der Waals surface area contributed by atoms with Crippen molar-refractivity contribution in [2.45, 2.75) is 37.6 Å². The molecule has 25 heavy (non-hydrogen) atoms. The van der Waals surface area contributed by atoms with Crippen molar-refractivity contribution < 1.29 is 22.7 Å². The molecular weight excluding hydrogens is 344 g/mol. The molecule has 0 aromatic heterocycles. The number of carbonyl (C=O) groups is 2. The SMILES string of the molecule is CC(C)CCOC(=O)CC1C(=O)NCCN1S(=O)(=O)c1ccccc1. The van der Waals surface area contributed by atoms with Crippen molar-refractivity contribution in [3.63, 3.8) is 0 Å². The second kappa shape index (κ2) is 8.44. The molecule has 1 fully saturated rings. The van der Waals surface area contributed by atoms with Crippen molar-refractivity contribution in [3.8, 4) is 0 Å². The second-order valence-corrected chi connectivity index (χ2v) is 8.23. The summed E-state index contributed by atoms with van der Waals surface area (Å²) in [5.41, 5.74) is 0. The fourth-order valence-corrected chi connectivity index (χ4v) is 4.14. The highest BCUT2D eigenvalue weighted by Crippen LogP contribution is 2.21. The summed E-state index contributed by atoms with van der Waals surface area (Å²) in [7, 11) is -3.86. The van der Waals surface area contributed by atoms with Crippen molar-refractivity contribution >= 4 is 21.9 Å². The van der Waals surface area contributed by atoms with Crippen LogP contribution in [0.15, 0.2) is 35.2 Å². The zero-order valence-corrected chi connectivity index (χ0v) is 15.3. The van der Waals surface area contributed by atoms with Gasteiger partial charge in [-0.05, 0) is 24.5 Å². The van der Waals surface area contributed by atoms with Gasteiger partial charge in [-0.2, -0.15) is 4.31 Å². The molecule has 138 valence electrons. The van der Waals surface area contributed by atoms with E-state index in [-0.39, 0.29) is 31.0 Å². The van der Waals surface area contributed by atoms with Crippen LogP contribution in [-0.4, -0.2) is 50.3 Å². The fraction of sp³-hybridized carbons (Fsp3) is 0.529. The topological polar surface area (TPSA) is 92.8 Å². The molecule has 7 nitrogen and oxygen atoms in total. The molecular formula is C17H24N2O5S. The lowest BCUT2D eigenvalue weighted by Gasteiger charge is -2.33. The average Bonchev–Trinajstić information content (AvgIpc) is 2.57. The van der Waals surface area contributed by atoms with Gasteiger partial charge < -0.3 is 10.1 Å². The minimum absolute atomic E-state index is 0.0999. The smallest absolute Gasteiger partial charge is 0.307 e. The van der Waals surface area contributed by atoms with Crippen LogP contribution in [0.3, 0.4) is 0 Å². The van der Waals surface area contributed by atoms with E-state index in [0.717, 1.165) is 4.31 Å². The summed E-state index contributed by atoms with van der Waals surface area (Å²) >= 11 is 0. The summed E-state index contributed by atoms with van der Waals surface area (Å²) in [6.45, 7) is 4.61. The summed E-state index contributed by atoms with van der Waals surface area (Å²) < 4.78 is 31.9. The van der Waals surface area contributed by atoms with Gasteiger partial charge in [0.05, 0.1) is 17.9 Å². The van der Waals surface area contributed by atoms with Crippen LogP contribution < -0.4 is 5.32 Å². The molecule has 1 N–H and O–H groups in total. The quantitative estimate of drug-likeness (QED) is 0.729. The van der Waals surface area contributed by atoms with E-state index in [2.05, 4.69) is 5.32 Å². The maximum Gasteiger partial charge on any atom is 0.307 e.